The van der Waals surface area contributed by atoms with Gasteiger partial charge in [0.25, 0.3) is 0 Å². The second-order valence-corrected chi connectivity index (χ2v) is 5.79. The Morgan fingerprint density at radius 3 is 3.00 bits per heavy atom. The maximum atomic E-state index is 5.96. The van der Waals surface area contributed by atoms with Crippen LogP contribution in [0, 0.1) is 0 Å². The number of nitrogens with two attached hydrogens (primary N) is 1. The molecular formula is C14H16BrN3O2. The molecule has 1 unspecified atom stereocenters. The summed E-state index contributed by atoms with van der Waals surface area (Å²) in [6.45, 7) is 2.61. The molecule has 1 atom stereocenters. The van der Waals surface area contributed by atoms with Gasteiger partial charge in [-0.05, 0) is 35.0 Å². The molecule has 0 radical (unpaired) electrons. The summed E-state index contributed by atoms with van der Waals surface area (Å²) in [5.74, 6) is 2.37. The van der Waals surface area contributed by atoms with Gasteiger partial charge >= 0.3 is 0 Å². The first-order valence-corrected chi connectivity index (χ1v) is 7.21. The Labute approximate surface area is 125 Å². The molecule has 6 heteroatoms. The standard InChI is InChI=1S/C14H16BrN3O2/c1-8-3-9-4-12(19-2)10(5-13(9)20-8)7-18-14(16)11(15)6-17-18/h4-6,8H,3,7,16H2,1-2H3. The van der Waals surface area contributed by atoms with E-state index in [1.807, 2.05) is 12.1 Å². The van der Waals surface area contributed by atoms with Crippen LogP contribution in [-0.2, 0) is 13.0 Å². The maximum absolute atomic E-state index is 5.96. The van der Waals surface area contributed by atoms with E-state index in [4.69, 9.17) is 15.2 Å². The number of fused-ring (bicyclic) bond motifs is 1. The van der Waals surface area contributed by atoms with E-state index in [-0.39, 0.29) is 6.10 Å². The normalized spacial score (nSPS) is 16.9. The van der Waals surface area contributed by atoms with Crippen molar-refractivity contribution in [1.29, 1.82) is 0 Å². The molecule has 2 heterocycles. The van der Waals surface area contributed by atoms with Gasteiger partial charge in [-0.15, -0.1) is 0 Å². The van der Waals surface area contributed by atoms with E-state index in [1.165, 1.54) is 5.56 Å². The molecule has 1 aromatic heterocycles. The maximum Gasteiger partial charge on any atom is 0.136 e. The van der Waals surface area contributed by atoms with Crippen LogP contribution in [0.15, 0.2) is 22.8 Å². The largest absolute Gasteiger partial charge is 0.496 e. The molecule has 5 nitrogen and oxygen atoms in total. The van der Waals surface area contributed by atoms with E-state index in [1.54, 1.807) is 18.0 Å². The summed E-state index contributed by atoms with van der Waals surface area (Å²) < 4.78 is 13.8. The number of aromatic nitrogens is 2. The summed E-state index contributed by atoms with van der Waals surface area (Å²) >= 11 is 3.36. The van der Waals surface area contributed by atoms with Crippen LogP contribution in [-0.4, -0.2) is 23.0 Å². The summed E-state index contributed by atoms with van der Waals surface area (Å²) in [7, 11) is 1.67. The van der Waals surface area contributed by atoms with Crippen LogP contribution in [0.25, 0.3) is 0 Å². The van der Waals surface area contributed by atoms with Crippen molar-refractivity contribution in [1.82, 2.24) is 9.78 Å². The Kier molecular flexibility index (Phi) is 3.33. The predicted molar refractivity (Wildman–Crippen MR) is 80.2 cm³/mol. The fraction of sp³-hybridized carbons (Fsp3) is 0.357. The van der Waals surface area contributed by atoms with E-state index in [2.05, 4.69) is 28.0 Å². The van der Waals surface area contributed by atoms with Crippen LogP contribution >= 0.6 is 15.9 Å². The van der Waals surface area contributed by atoms with Crippen LogP contribution in [0.1, 0.15) is 18.1 Å². The molecule has 0 saturated heterocycles. The number of anilines is 1. The van der Waals surface area contributed by atoms with Crippen LogP contribution < -0.4 is 15.2 Å². The number of hydrogen-bond acceptors (Lipinski definition) is 4. The van der Waals surface area contributed by atoms with Gasteiger partial charge in [-0.25, -0.2) is 4.68 Å². The fourth-order valence-corrected chi connectivity index (χ4v) is 2.75. The van der Waals surface area contributed by atoms with Crippen molar-refractivity contribution in [3.63, 3.8) is 0 Å². The minimum absolute atomic E-state index is 0.217. The summed E-state index contributed by atoms with van der Waals surface area (Å²) in [4.78, 5) is 0. The molecule has 0 saturated carbocycles. The molecular weight excluding hydrogens is 322 g/mol. The molecule has 1 aliphatic heterocycles. The minimum Gasteiger partial charge on any atom is -0.496 e. The van der Waals surface area contributed by atoms with Gasteiger partial charge in [0, 0.05) is 17.5 Å². The molecule has 2 N–H and O–H groups in total. The lowest BCUT2D eigenvalue weighted by atomic mass is 10.1. The summed E-state index contributed by atoms with van der Waals surface area (Å²) in [6, 6.07) is 4.07. The molecule has 0 bridgehead atoms. The molecule has 1 aromatic carbocycles. The average Bonchev–Trinajstić information content (AvgIpc) is 2.93. The highest BCUT2D eigenvalue weighted by Gasteiger charge is 2.22. The predicted octanol–water partition coefficient (Wildman–Crippen LogP) is 2.61. The van der Waals surface area contributed by atoms with Crippen molar-refractivity contribution in [2.75, 3.05) is 12.8 Å². The Hall–Kier alpha value is -1.69. The highest BCUT2D eigenvalue weighted by Crippen LogP contribution is 2.35. The van der Waals surface area contributed by atoms with Gasteiger partial charge in [0.05, 0.1) is 24.3 Å². The fourth-order valence-electron chi connectivity index (χ4n) is 2.45. The van der Waals surface area contributed by atoms with Gasteiger partial charge in [0.15, 0.2) is 0 Å². The first-order valence-electron chi connectivity index (χ1n) is 6.41. The molecule has 0 aliphatic carbocycles. The van der Waals surface area contributed by atoms with E-state index in [0.29, 0.717) is 12.4 Å². The summed E-state index contributed by atoms with van der Waals surface area (Å²) in [5.41, 5.74) is 8.15. The van der Waals surface area contributed by atoms with Gasteiger partial charge < -0.3 is 15.2 Å². The third-order valence-electron chi connectivity index (χ3n) is 3.45. The zero-order chi connectivity index (χ0) is 14.3. The highest BCUT2D eigenvalue weighted by atomic mass is 79.9. The summed E-state index contributed by atoms with van der Waals surface area (Å²) in [5, 5.41) is 4.24. The average molecular weight is 338 g/mol. The van der Waals surface area contributed by atoms with Crippen molar-refractivity contribution in [3.8, 4) is 11.5 Å². The first kappa shape index (κ1) is 13.3. The smallest absolute Gasteiger partial charge is 0.136 e. The van der Waals surface area contributed by atoms with Crippen LogP contribution in [0.4, 0.5) is 5.82 Å². The van der Waals surface area contributed by atoms with E-state index in [9.17, 15) is 0 Å². The molecule has 0 amide bonds. The lowest BCUT2D eigenvalue weighted by Crippen LogP contribution is -2.07. The molecule has 0 spiro atoms. The number of nitrogens with zero attached hydrogens (tertiary/aromatic N) is 2. The number of nitrogen functional groups attached to an aromatic ring is 1. The second kappa shape index (κ2) is 5.01. The van der Waals surface area contributed by atoms with E-state index >= 15 is 0 Å². The Balaban J connectivity index is 1.97. The van der Waals surface area contributed by atoms with Gasteiger partial charge in [-0.1, -0.05) is 0 Å². The molecule has 2 aromatic rings. The third kappa shape index (κ3) is 2.24. The van der Waals surface area contributed by atoms with Crippen molar-refractivity contribution in [2.24, 2.45) is 0 Å². The van der Waals surface area contributed by atoms with E-state index < -0.39 is 0 Å². The van der Waals surface area contributed by atoms with Crippen molar-refractivity contribution in [3.05, 3.63) is 33.9 Å². The van der Waals surface area contributed by atoms with Gasteiger partial charge in [0.1, 0.15) is 23.4 Å². The molecule has 3 rings (SSSR count). The van der Waals surface area contributed by atoms with Crippen LogP contribution in [0.2, 0.25) is 0 Å². The van der Waals surface area contributed by atoms with Crippen molar-refractivity contribution >= 4 is 21.7 Å². The SMILES string of the molecule is COc1cc2c(cc1Cn1ncc(Br)c1N)OC(C)C2. The zero-order valence-corrected chi connectivity index (χ0v) is 13.0. The number of benzene rings is 1. The third-order valence-corrected chi connectivity index (χ3v) is 4.06. The molecule has 106 valence electrons. The van der Waals surface area contributed by atoms with Gasteiger partial charge in [-0.3, -0.25) is 0 Å². The number of ether oxygens (including phenoxy) is 2. The number of hydrogen-bond donors (Lipinski definition) is 1. The van der Waals surface area contributed by atoms with Crippen LogP contribution in [0.3, 0.4) is 0 Å². The van der Waals surface area contributed by atoms with E-state index in [0.717, 1.165) is 28.0 Å². The lowest BCUT2D eigenvalue weighted by molar-refractivity contribution is 0.254. The van der Waals surface area contributed by atoms with Crippen LogP contribution in [0.5, 0.6) is 11.5 Å². The minimum atomic E-state index is 0.217. The Bertz CT molecular complexity index is 654. The van der Waals surface area contributed by atoms with Gasteiger partial charge in [0.2, 0.25) is 0 Å². The highest BCUT2D eigenvalue weighted by molar-refractivity contribution is 9.10. The number of rotatable bonds is 3. The second-order valence-electron chi connectivity index (χ2n) is 4.94. The van der Waals surface area contributed by atoms with Crippen molar-refractivity contribution in [2.45, 2.75) is 26.0 Å². The lowest BCUT2D eigenvalue weighted by Gasteiger charge is -2.12. The Morgan fingerprint density at radius 2 is 2.35 bits per heavy atom. The topological polar surface area (TPSA) is 62.3 Å². The number of methoxy groups -OCH3 is 1. The quantitative estimate of drug-likeness (QED) is 0.935. The van der Waals surface area contributed by atoms with Gasteiger partial charge in [-0.2, -0.15) is 5.10 Å². The first-order chi connectivity index (χ1) is 9.58. The molecule has 0 fully saturated rings. The molecule has 1 aliphatic rings. The molecule has 20 heavy (non-hydrogen) atoms. The van der Waals surface area contributed by atoms with Crippen molar-refractivity contribution < 1.29 is 9.47 Å². The zero-order valence-electron chi connectivity index (χ0n) is 11.4. The monoisotopic (exact) mass is 337 g/mol. The Morgan fingerprint density at radius 1 is 1.55 bits per heavy atom. The number of halogens is 1. The summed E-state index contributed by atoms with van der Waals surface area (Å²) in [6.07, 6.45) is 2.82.